The molecule has 46 valence electrons. The van der Waals surface area contributed by atoms with Gasteiger partial charge in [0, 0.05) is 6.54 Å². The quantitative estimate of drug-likeness (QED) is 0.414. The van der Waals surface area contributed by atoms with Crippen LogP contribution in [0, 0.1) is 0 Å². The van der Waals surface area contributed by atoms with Crippen LogP contribution in [-0.2, 0) is 0 Å². The molecule has 0 saturated heterocycles. The van der Waals surface area contributed by atoms with Crippen molar-refractivity contribution in [2.45, 2.75) is 0 Å². The van der Waals surface area contributed by atoms with Gasteiger partial charge in [0.1, 0.15) is 0 Å². The minimum atomic E-state index is 0. The molecule has 2 nitrogen and oxygen atoms in total. The fraction of sp³-hybridized carbons (Fsp3) is 1.00. The van der Waals surface area contributed by atoms with Gasteiger partial charge in [-0.2, -0.15) is 0 Å². The van der Waals surface area contributed by atoms with E-state index in [-0.39, 0.29) is 19.0 Å². The molecular formula is C4H11ClNO-. The van der Waals surface area contributed by atoms with Gasteiger partial charge in [-0.3, -0.25) is 0 Å². The maximum Gasteiger partial charge on any atom is 0.0558 e. The van der Waals surface area contributed by atoms with Gasteiger partial charge in [-0.15, -0.1) is 0 Å². The van der Waals surface area contributed by atoms with Crippen molar-refractivity contribution >= 4 is 0 Å². The Bertz CT molecular complexity index is 32.9. The standard InChI is InChI=1S/C4H11NO.ClH/c1-5(2)3-4-6;/h6H,3-4H2,1-2H3;1H/p-1. The third-order valence-corrected chi connectivity index (χ3v) is 0.547. The molecule has 0 spiro atoms. The SMILES string of the molecule is CN(C)CCO.[Cl-]. The van der Waals surface area contributed by atoms with Crippen molar-refractivity contribution in [3.63, 3.8) is 0 Å². The van der Waals surface area contributed by atoms with Crippen LogP contribution in [-0.4, -0.2) is 37.3 Å². The highest BCUT2D eigenvalue weighted by molar-refractivity contribution is 4.34. The van der Waals surface area contributed by atoms with Gasteiger partial charge in [-0.25, -0.2) is 0 Å². The Kier molecular flexibility index (Phi) is 9.09. The summed E-state index contributed by atoms with van der Waals surface area (Å²) in [6.07, 6.45) is 0. The van der Waals surface area contributed by atoms with Crippen LogP contribution >= 0.6 is 0 Å². The zero-order valence-corrected chi connectivity index (χ0v) is 5.44. The second-order valence-electron chi connectivity index (χ2n) is 1.53. The van der Waals surface area contributed by atoms with E-state index in [9.17, 15) is 0 Å². The first kappa shape index (κ1) is 10.2. The maximum atomic E-state index is 8.20. The number of aliphatic hydroxyl groups excluding tert-OH is 1. The summed E-state index contributed by atoms with van der Waals surface area (Å²) in [5, 5.41) is 8.20. The summed E-state index contributed by atoms with van der Waals surface area (Å²) in [4.78, 5) is 1.93. The third-order valence-electron chi connectivity index (χ3n) is 0.547. The van der Waals surface area contributed by atoms with Crippen molar-refractivity contribution < 1.29 is 17.5 Å². The summed E-state index contributed by atoms with van der Waals surface area (Å²) in [6, 6.07) is 0. The fourth-order valence-electron chi connectivity index (χ4n) is 0.200. The highest BCUT2D eigenvalue weighted by atomic mass is 35.5. The highest BCUT2D eigenvalue weighted by Gasteiger charge is 1.80. The van der Waals surface area contributed by atoms with Crippen LogP contribution in [0.2, 0.25) is 0 Å². The van der Waals surface area contributed by atoms with Crippen LogP contribution < -0.4 is 12.4 Å². The second kappa shape index (κ2) is 6.21. The number of likely N-dealkylation sites (N-methyl/N-ethyl adjacent to an activating group) is 1. The average molecular weight is 125 g/mol. The Labute approximate surface area is 50.5 Å². The highest BCUT2D eigenvalue weighted by Crippen LogP contribution is 1.66. The molecule has 0 radical (unpaired) electrons. The van der Waals surface area contributed by atoms with Gasteiger partial charge in [0.05, 0.1) is 6.61 Å². The maximum absolute atomic E-state index is 8.20. The molecule has 0 aromatic rings. The molecule has 0 aliphatic heterocycles. The zero-order chi connectivity index (χ0) is 4.99. The lowest BCUT2D eigenvalue weighted by molar-refractivity contribution is -0.00000269. The van der Waals surface area contributed by atoms with Gasteiger partial charge in [0.15, 0.2) is 0 Å². The van der Waals surface area contributed by atoms with Gasteiger partial charge in [0.25, 0.3) is 0 Å². The fourth-order valence-corrected chi connectivity index (χ4v) is 0.200. The van der Waals surface area contributed by atoms with Gasteiger partial charge >= 0.3 is 0 Å². The summed E-state index contributed by atoms with van der Waals surface area (Å²) >= 11 is 0. The predicted octanol–water partition coefficient (Wildman–Crippen LogP) is -3.46. The van der Waals surface area contributed by atoms with E-state index in [1.54, 1.807) is 0 Å². The Hall–Kier alpha value is 0.210. The Morgan fingerprint density at radius 1 is 1.43 bits per heavy atom. The van der Waals surface area contributed by atoms with Crippen LogP contribution in [0.15, 0.2) is 0 Å². The Morgan fingerprint density at radius 2 is 1.86 bits per heavy atom. The molecule has 0 unspecified atom stereocenters. The van der Waals surface area contributed by atoms with E-state index in [2.05, 4.69) is 0 Å². The topological polar surface area (TPSA) is 23.5 Å². The second-order valence-corrected chi connectivity index (χ2v) is 1.53. The zero-order valence-electron chi connectivity index (χ0n) is 4.69. The van der Waals surface area contributed by atoms with E-state index in [4.69, 9.17) is 5.11 Å². The number of nitrogens with zero attached hydrogens (tertiary/aromatic N) is 1. The molecular weight excluding hydrogens is 114 g/mol. The molecule has 1 N–H and O–H groups in total. The van der Waals surface area contributed by atoms with Gasteiger partial charge < -0.3 is 22.4 Å². The van der Waals surface area contributed by atoms with E-state index in [1.807, 2.05) is 19.0 Å². The van der Waals surface area contributed by atoms with E-state index < -0.39 is 0 Å². The number of hydrogen-bond donors (Lipinski definition) is 1. The molecule has 0 heterocycles. The lowest BCUT2D eigenvalue weighted by Crippen LogP contribution is -3.00. The van der Waals surface area contributed by atoms with Crippen LogP contribution in [0.25, 0.3) is 0 Å². The first-order valence-corrected chi connectivity index (χ1v) is 2.03. The van der Waals surface area contributed by atoms with Crippen LogP contribution in [0.5, 0.6) is 0 Å². The lowest BCUT2D eigenvalue weighted by Gasteiger charge is -2.03. The van der Waals surface area contributed by atoms with E-state index >= 15 is 0 Å². The Morgan fingerprint density at radius 3 is 1.86 bits per heavy atom. The first-order chi connectivity index (χ1) is 2.77. The summed E-state index contributed by atoms with van der Waals surface area (Å²) in [6.45, 7) is 1.02. The van der Waals surface area contributed by atoms with E-state index in [1.165, 1.54) is 0 Å². The van der Waals surface area contributed by atoms with Crippen molar-refractivity contribution in [2.24, 2.45) is 0 Å². The minimum Gasteiger partial charge on any atom is -1.00 e. The van der Waals surface area contributed by atoms with Crippen LogP contribution in [0.1, 0.15) is 0 Å². The largest absolute Gasteiger partial charge is 1.00 e. The number of rotatable bonds is 2. The van der Waals surface area contributed by atoms with Crippen LogP contribution in [0.4, 0.5) is 0 Å². The first-order valence-electron chi connectivity index (χ1n) is 2.03. The smallest absolute Gasteiger partial charge is 0.0558 e. The molecule has 0 fully saturated rings. The summed E-state index contributed by atoms with van der Waals surface area (Å²) in [5.41, 5.74) is 0. The lowest BCUT2D eigenvalue weighted by atomic mass is 10.6. The molecule has 0 aromatic carbocycles. The molecule has 0 aliphatic carbocycles. The van der Waals surface area contributed by atoms with Gasteiger partial charge in [0.2, 0.25) is 0 Å². The Balaban J connectivity index is 0. The van der Waals surface area contributed by atoms with Gasteiger partial charge in [-0.05, 0) is 14.1 Å². The molecule has 7 heavy (non-hydrogen) atoms. The minimum absolute atomic E-state index is 0. The molecule has 0 aromatic heterocycles. The molecule has 0 saturated carbocycles. The van der Waals surface area contributed by atoms with Crippen molar-refractivity contribution in [2.75, 3.05) is 27.2 Å². The molecule has 3 heteroatoms. The third kappa shape index (κ3) is 10.7. The molecule has 0 bridgehead atoms. The molecule has 0 aliphatic rings. The number of hydrogen-bond acceptors (Lipinski definition) is 2. The van der Waals surface area contributed by atoms with Crippen LogP contribution in [0.3, 0.4) is 0 Å². The van der Waals surface area contributed by atoms with Crippen molar-refractivity contribution in [1.82, 2.24) is 4.90 Å². The normalized spacial score (nSPS) is 8.57. The monoisotopic (exact) mass is 124 g/mol. The van der Waals surface area contributed by atoms with E-state index in [0.29, 0.717) is 0 Å². The summed E-state index contributed by atoms with van der Waals surface area (Å²) in [7, 11) is 3.85. The number of halogens is 1. The molecule has 0 rings (SSSR count). The number of aliphatic hydroxyl groups is 1. The van der Waals surface area contributed by atoms with Crippen molar-refractivity contribution in [3.05, 3.63) is 0 Å². The molecule has 0 atom stereocenters. The van der Waals surface area contributed by atoms with Crippen molar-refractivity contribution in [1.29, 1.82) is 0 Å². The van der Waals surface area contributed by atoms with E-state index in [0.717, 1.165) is 6.54 Å². The molecule has 0 amide bonds. The van der Waals surface area contributed by atoms with Gasteiger partial charge in [-0.1, -0.05) is 0 Å². The summed E-state index contributed by atoms with van der Waals surface area (Å²) < 4.78 is 0. The summed E-state index contributed by atoms with van der Waals surface area (Å²) in [5.74, 6) is 0. The van der Waals surface area contributed by atoms with Crippen molar-refractivity contribution in [3.8, 4) is 0 Å². The average Bonchev–Trinajstić information content (AvgIpc) is 1.35. The predicted molar refractivity (Wildman–Crippen MR) is 25.6 cm³/mol.